The van der Waals surface area contributed by atoms with Crippen LogP contribution in [0.3, 0.4) is 0 Å². The third-order valence-electron chi connectivity index (χ3n) is 5.53. The number of nitrogens with one attached hydrogen (secondary N) is 2. The van der Waals surface area contributed by atoms with Crippen LogP contribution < -0.4 is 5.32 Å². The Morgan fingerprint density at radius 3 is 2.85 bits per heavy atom. The zero-order chi connectivity index (χ0) is 18.8. The van der Waals surface area contributed by atoms with Gasteiger partial charge in [0.1, 0.15) is 5.82 Å². The van der Waals surface area contributed by atoms with E-state index >= 15 is 0 Å². The van der Waals surface area contributed by atoms with E-state index in [1.807, 2.05) is 0 Å². The predicted molar refractivity (Wildman–Crippen MR) is 102 cm³/mol. The molecule has 1 saturated heterocycles. The van der Waals surface area contributed by atoms with Crippen molar-refractivity contribution in [3.05, 3.63) is 41.8 Å². The van der Waals surface area contributed by atoms with Gasteiger partial charge in [-0.15, -0.1) is 0 Å². The van der Waals surface area contributed by atoms with Crippen molar-refractivity contribution in [1.29, 1.82) is 0 Å². The van der Waals surface area contributed by atoms with Crippen LogP contribution in [0.2, 0.25) is 0 Å². The number of aromatic nitrogens is 2. The summed E-state index contributed by atoms with van der Waals surface area (Å²) in [6.07, 6.45) is 5.55. The minimum absolute atomic E-state index is 0.0777. The van der Waals surface area contributed by atoms with E-state index in [2.05, 4.69) is 20.4 Å². The normalized spacial score (nSPS) is 20.0. The monoisotopic (exact) mass is 371 g/mol. The average molecular weight is 371 g/mol. The molecule has 0 bridgehead atoms. The number of rotatable bonds is 6. The fourth-order valence-corrected chi connectivity index (χ4v) is 3.79. The number of H-pyrrole nitrogens is 1. The number of nitrogens with zero attached hydrogens (tertiary/aromatic N) is 3. The maximum Gasteiger partial charge on any atom is 0.317 e. The van der Waals surface area contributed by atoms with Gasteiger partial charge in [-0.25, -0.2) is 9.18 Å². The lowest BCUT2D eigenvalue weighted by Crippen LogP contribution is -2.39. The highest BCUT2D eigenvalue weighted by Gasteiger charge is 2.34. The number of likely N-dealkylation sites (tertiary alicyclic amines) is 1. The molecule has 1 aliphatic carbocycles. The van der Waals surface area contributed by atoms with Crippen LogP contribution in [-0.2, 0) is 6.54 Å². The maximum atomic E-state index is 13.1. The second-order valence-electron chi connectivity index (χ2n) is 7.70. The first-order valence-corrected chi connectivity index (χ1v) is 9.61. The number of carbonyl (C=O) groups excluding carboxylic acids is 1. The van der Waals surface area contributed by atoms with E-state index in [1.54, 1.807) is 30.3 Å². The Bertz CT molecular complexity index is 786. The Balaban J connectivity index is 1.30. The number of urea groups is 1. The average Bonchev–Trinajstić information content (AvgIpc) is 3.23. The summed E-state index contributed by atoms with van der Waals surface area (Å²) in [5.41, 5.74) is 2.56. The van der Waals surface area contributed by atoms with Gasteiger partial charge in [-0.1, -0.05) is 0 Å². The summed E-state index contributed by atoms with van der Waals surface area (Å²) in [6, 6.07) is 6.98. The van der Waals surface area contributed by atoms with Crippen molar-refractivity contribution in [1.82, 2.24) is 25.3 Å². The van der Waals surface area contributed by atoms with Crippen LogP contribution >= 0.6 is 0 Å². The van der Waals surface area contributed by atoms with Crippen LogP contribution in [0.5, 0.6) is 0 Å². The Hall–Kier alpha value is -2.41. The third kappa shape index (κ3) is 4.30. The first-order chi connectivity index (χ1) is 13.1. The number of hydrogen-bond donors (Lipinski definition) is 2. The molecule has 2 fully saturated rings. The van der Waals surface area contributed by atoms with Crippen LogP contribution in [0.4, 0.5) is 9.18 Å². The van der Waals surface area contributed by atoms with Gasteiger partial charge in [0, 0.05) is 37.3 Å². The molecular weight excluding hydrogens is 345 g/mol. The van der Waals surface area contributed by atoms with E-state index in [9.17, 15) is 9.18 Å². The SMILES string of the molecule is CN(Cc1cn[nH]c1-c1ccc(F)cc1)C(=O)NCC1CCN(C2CC2)C1. The van der Waals surface area contributed by atoms with Gasteiger partial charge in [-0.3, -0.25) is 5.10 Å². The van der Waals surface area contributed by atoms with Crippen molar-refractivity contribution in [2.75, 3.05) is 26.7 Å². The number of carbonyl (C=O) groups is 1. The van der Waals surface area contributed by atoms with Crippen LogP contribution in [0, 0.1) is 11.7 Å². The summed E-state index contributed by atoms with van der Waals surface area (Å²) in [6.45, 7) is 3.43. The molecule has 2 amide bonds. The molecule has 2 aliphatic rings. The summed E-state index contributed by atoms with van der Waals surface area (Å²) < 4.78 is 13.1. The highest BCUT2D eigenvalue weighted by molar-refractivity contribution is 5.74. The Labute approximate surface area is 158 Å². The molecule has 7 heteroatoms. The van der Waals surface area contributed by atoms with Crippen LogP contribution in [0.15, 0.2) is 30.5 Å². The molecule has 1 saturated carbocycles. The van der Waals surface area contributed by atoms with Crippen molar-refractivity contribution in [2.24, 2.45) is 5.92 Å². The molecule has 1 aromatic carbocycles. The maximum absolute atomic E-state index is 13.1. The van der Waals surface area contributed by atoms with E-state index < -0.39 is 0 Å². The summed E-state index contributed by atoms with van der Waals surface area (Å²) in [5, 5.41) is 10.1. The van der Waals surface area contributed by atoms with Crippen LogP contribution in [0.1, 0.15) is 24.8 Å². The van der Waals surface area contributed by atoms with E-state index in [1.165, 1.54) is 25.0 Å². The number of hydrogen-bond acceptors (Lipinski definition) is 3. The molecule has 2 aromatic rings. The highest BCUT2D eigenvalue weighted by atomic mass is 19.1. The van der Waals surface area contributed by atoms with Gasteiger partial charge in [-0.05, 0) is 56.0 Å². The van der Waals surface area contributed by atoms with E-state index in [-0.39, 0.29) is 11.8 Å². The fourth-order valence-electron chi connectivity index (χ4n) is 3.79. The Morgan fingerprint density at radius 2 is 2.11 bits per heavy atom. The third-order valence-corrected chi connectivity index (χ3v) is 5.53. The van der Waals surface area contributed by atoms with Gasteiger partial charge in [0.15, 0.2) is 0 Å². The molecule has 1 atom stereocenters. The zero-order valence-electron chi connectivity index (χ0n) is 15.6. The molecule has 1 aliphatic heterocycles. The quantitative estimate of drug-likeness (QED) is 0.821. The summed E-state index contributed by atoms with van der Waals surface area (Å²) >= 11 is 0. The summed E-state index contributed by atoms with van der Waals surface area (Å²) in [4.78, 5) is 16.7. The summed E-state index contributed by atoms with van der Waals surface area (Å²) in [5.74, 6) is 0.273. The largest absolute Gasteiger partial charge is 0.338 e. The van der Waals surface area contributed by atoms with Crippen molar-refractivity contribution in [3.63, 3.8) is 0 Å². The lowest BCUT2D eigenvalue weighted by Gasteiger charge is -2.20. The Morgan fingerprint density at radius 1 is 1.33 bits per heavy atom. The van der Waals surface area contributed by atoms with Gasteiger partial charge in [-0.2, -0.15) is 5.10 Å². The molecule has 1 unspecified atom stereocenters. The molecule has 6 nitrogen and oxygen atoms in total. The van der Waals surface area contributed by atoms with Gasteiger partial charge in [0.25, 0.3) is 0 Å². The minimum atomic E-state index is -0.275. The van der Waals surface area contributed by atoms with E-state index in [0.717, 1.165) is 48.9 Å². The van der Waals surface area contributed by atoms with Gasteiger partial charge in [0.2, 0.25) is 0 Å². The number of benzene rings is 1. The Kier molecular flexibility index (Phi) is 5.11. The molecule has 2 heterocycles. The molecule has 2 N–H and O–H groups in total. The predicted octanol–water partition coefficient (Wildman–Crippen LogP) is 2.84. The van der Waals surface area contributed by atoms with Crippen molar-refractivity contribution in [2.45, 2.75) is 31.8 Å². The molecule has 0 spiro atoms. The zero-order valence-corrected chi connectivity index (χ0v) is 15.6. The second-order valence-corrected chi connectivity index (χ2v) is 7.70. The number of amides is 2. The summed E-state index contributed by atoms with van der Waals surface area (Å²) in [7, 11) is 1.78. The van der Waals surface area contributed by atoms with Crippen molar-refractivity contribution in [3.8, 4) is 11.3 Å². The standard InChI is InChI=1S/C20H26FN5O/c1-25(20(27)22-10-14-8-9-26(12-14)18-6-7-18)13-16-11-23-24-19(16)15-2-4-17(21)5-3-15/h2-5,11,14,18H,6-10,12-13H2,1H3,(H,22,27)(H,23,24). The van der Waals surface area contributed by atoms with Crippen LogP contribution in [-0.4, -0.2) is 58.8 Å². The molecule has 4 rings (SSSR count). The number of halogens is 1. The minimum Gasteiger partial charge on any atom is -0.338 e. The van der Waals surface area contributed by atoms with Gasteiger partial charge >= 0.3 is 6.03 Å². The number of aromatic amines is 1. The lowest BCUT2D eigenvalue weighted by molar-refractivity contribution is 0.204. The molecule has 27 heavy (non-hydrogen) atoms. The van der Waals surface area contributed by atoms with E-state index in [0.29, 0.717) is 12.5 Å². The molecule has 144 valence electrons. The first kappa shape index (κ1) is 18.0. The smallest absolute Gasteiger partial charge is 0.317 e. The van der Waals surface area contributed by atoms with Gasteiger partial charge < -0.3 is 15.1 Å². The second kappa shape index (κ2) is 7.68. The van der Waals surface area contributed by atoms with Crippen molar-refractivity contribution >= 4 is 6.03 Å². The topological polar surface area (TPSA) is 64.3 Å². The van der Waals surface area contributed by atoms with Crippen LogP contribution in [0.25, 0.3) is 11.3 Å². The van der Waals surface area contributed by atoms with Gasteiger partial charge in [0.05, 0.1) is 18.4 Å². The van der Waals surface area contributed by atoms with E-state index in [4.69, 9.17) is 0 Å². The van der Waals surface area contributed by atoms with Crippen molar-refractivity contribution < 1.29 is 9.18 Å². The molecule has 0 radical (unpaired) electrons. The molecular formula is C20H26FN5O. The molecule has 1 aromatic heterocycles. The first-order valence-electron chi connectivity index (χ1n) is 9.61. The highest BCUT2D eigenvalue weighted by Crippen LogP contribution is 2.31. The lowest BCUT2D eigenvalue weighted by atomic mass is 10.1. The fraction of sp³-hybridized carbons (Fsp3) is 0.500.